The van der Waals surface area contributed by atoms with E-state index in [1.54, 1.807) is 6.26 Å². The highest BCUT2D eigenvalue weighted by Gasteiger charge is 2.09. The van der Waals surface area contributed by atoms with Gasteiger partial charge >= 0.3 is 0 Å². The van der Waals surface area contributed by atoms with Gasteiger partial charge in [0.1, 0.15) is 5.52 Å². The molecule has 0 fully saturated rings. The molecule has 3 aromatic rings. The van der Waals surface area contributed by atoms with Gasteiger partial charge in [-0.2, -0.15) is 0 Å². The van der Waals surface area contributed by atoms with Crippen molar-refractivity contribution in [1.82, 2.24) is 9.88 Å². The number of furan rings is 1. The summed E-state index contributed by atoms with van der Waals surface area (Å²) in [5.41, 5.74) is 4.75. The van der Waals surface area contributed by atoms with Crippen molar-refractivity contribution in [3.63, 3.8) is 0 Å². The number of fused-ring (bicyclic) bond motifs is 1. The monoisotopic (exact) mass is 281 g/mol. The van der Waals surface area contributed by atoms with Crippen LogP contribution in [-0.4, -0.2) is 37.1 Å². The third-order valence-corrected chi connectivity index (χ3v) is 3.36. The van der Waals surface area contributed by atoms with Gasteiger partial charge in [-0.3, -0.25) is 0 Å². The van der Waals surface area contributed by atoms with E-state index in [-0.39, 0.29) is 0 Å². The van der Waals surface area contributed by atoms with E-state index in [0.717, 1.165) is 41.1 Å². The molecule has 0 saturated heterocycles. The van der Waals surface area contributed by atoms with Crippen LogP contribution in [0.3, 0.4) is 0 Å². The number of hydrogen-bond acceptors (Lipinski definition) is 4. The van der Waals surface area contributed by atoms with E-state index in [2.05, 4.69) is 47.5 Å². The number of rotatable bonds is 5. The van der Waals surface area contributed by atoms with Crippen molar-refractivity contribution in [2.75, 3.05) is 32.5 Å². The van der Waals surface area contributed by atoms with E-state index in [9.17, 15) is 0 Å². The van der Waals surface area contributed by atoms with E-state index in [1.807, 2.05) is 24.3 Å². The second-order valence-corrected chi connectivity index (χ2v) is 5.29. The average Bonchev–Trinajstić information content (AvgIpc) is 2.96. The molecule has 0 aliphatic rings. The minimum Gasteiger partial charge on any atom is -0.460 e. The summed E-state index contributed by atoms with van der Waals surface area (Å²) in [6, 6.07) is 14.1. The van der Waals surface area contributed by atoms with Crippen molar-refractivity contribution in [1.29, 1.82) is 0 Å². The van der Waals surface area contributed by atoms with Crippen molar-refractivity contribution in [3.05, 3.63) is 48.7 Å². The third kappa shape index (κ3) is 3.06. The van der Waals surface area contributed by atoms with E-state index in [0.29, 0.717) is 0 Å². The molecule has 0 atom stereocenters. The molecule has 0 amide bonds. The summed E-state index contributed by atoms with van der Waals surface area (Å²) >= 11 is 0. The molecular formula is C17H19N3O. The van der Waals surface area contributed by atoms with Crippen molar-refractivity contribution in [2.45, 2.75) is 0 Å². The normalized spacial score (nSPS) is 11.2. The topological polar surface area (TPSA) is 41.3 Å². The quantitative estimate of drug-likeness (QED) is 0.777. The minimum atomic E-state index is 0.813. The van der Waals surface area contributed by atoms with Gasteiger partial charge in [0.05, 0.1) is 17.6 Å². The summed E-state index contributed by atoms with van der Waals surface area (Å²) in [5.74, 6) is 0. The highest BCUT2D eigenvalue weighted by atomic mass is 16.3. The largest absolute Gasteiger partial charge is 0.460 e. The summed E-state index contributed by atoms with van der Waals surface area (Å²) < 4.78 is 5.56. The standard InChI is InChI=1S/C17H19N3O/c1-20(2)10-9-18-16-12-15(13-6-4-3-5-7-13)19-14-8-11-21-17(14)16/h3-8,11-12H,9-10H2,1-2H3,(H,18,19). The Balaban J connectivity index is 1.96. The van der Waals surface area contributed by atoms with Gasteiger partial charge in [0.25, 0.3) is 0 Å². The zero-order valence-electron chi connectivity index (χ0n) is 12.3. The highest BCUT2D eigenvalue weighted by molar-refractivity contribution is 5.89. The van der Waals surface area contributed by atoms with E-state index < -0.39 is 0 Å². The third-order valence-electron chi connectivity index (χ3n) is 3.36. The van der Waals surface area contributed by atoms with Crippen LogP contribution in [0.2, 0.25) is 0 Å². The number of nitrogens with one attached hydrogen (secondary N) is 1. The zero-order chi connectivity index (χ0) is 14.7. The highest BCUT2D eigenvalue weighted by Crippen LogP contribution is 2.28. The van der Waals surface area contributed by atoms with Crippen LogP contribution in [0.5, 0.6) is 0 Å². The maximum Gasteiger partial charge on any atom is 0.175 e. The van der Waals surface area contributed by atoms with E-state index in [4.69, 9.17) is 4.42 Å². The van der Waals surface area contributed by atoms with Gasteiger partial charge in [-0.05, 0) is 20.2 Å². The van der Waals surface area contributed by atoms with Gasteiger partial charge in [0.15, 0.2) is 5.58 Å². The Hall–Kier alpha value is -2.33. The van der Waals surface area contributed by atoms with Gasteiger partial charge in [0.2, 0.25) is 0 Å². The molecule has 0 radical (unpaired) electrons. The SMILES string of the molecule is CN(C)CCNc1cc(-c2ccccc2)nc2ccoc12. The van der Waals surface area contributed by atoms with E-state index in [1.165, 1.54) is 0 Å². The molecule has 0 saturated carbocycles. The van der Waals surface area contributed by atoms with Crippen LogP contribution in [0, 0.1) is 0 Å². The van der Waals surface area contributed by atoms with E-state index >= 15 is 0 Å². The molecule has 108 valence electrons. The molecule has 0 aliphatic carbocycles. The van der Waals surface area contributed by atoms with Gasteiger partial charge in [-0.15, -0.1) is 0 Å². The fourth-order valence-corrected chi connectivity index (χ4v) is 2.26. The molecule has 0 bridgehead atoms. The lowest BCUT2D eigenvalue weighted by Crippen LogP contribution is -2.20. The lowest BCUT2D eigenvalue weighted by atomic mass is 10.1. The van der Waals surface area contributed by atoms with Crippen LogP contribution >= 0.6 is 0 Å². The molecule has 1 aromatic carbocycles. The van der Waals surface area contributed by atoms with Crippen LogP contribution in [0.1, 0.15) is 0 Å². The Morgan fingerprint density at radius 2 is 1.95 bits per heavy atom. The number of nitrogens with zero attached hydrogens (tertiary/aromatic N) is 2. The van der Waals surface area contributed by atoms with Crippen molar-refractivity contribution in [2.24, 2.45) is 0 Å². The molecule has 4 heteroatoms. The molecule has 2 aromatic heterocycles. The van der Waals surface area contributed by atoms with Gasteiger partial charge in [-0.1, -0.05) is 30.3 Å². The molecule has 1 N–H and O–H groups in total. The second kappa shape index (κ2) is 5.97. The molecule has 0 unspecified atom stereocenters. The number of anilines is 1. The summed E-state index contributed by atoms with van der Waals surface area (Å²) in [4.78, 5) is 6.81. The predicted molar refractivity (Wildman–Crippen MR) is 86.5 cm³/mol. The maximum atomic E-state index is 5.56. The van der Waals surface area contributed by atoms with Gasteiger partial charge < -0.3 is 14.6 Å². The predicted octanol–water partition coefficient (Wildman–Crippen LogP) is 3.47. The van der Waals surface area contributed by atoms with Crippen LogP contribution < -0.4 is 5.32 Å². The molecule has 0 aliphatic heterocycles. The summed E-state index contributed by atoms with van der Waals surface area (Å²) in [5, 5.41) is 3.44. The number of aromatic nitrogens is 1. The zero-order valence-corrected chi connectivity index (χ0v) is 12.3. The fourth-order valence-electron chi connectivity index (χ4n) is 2.26. The number of pyridine rings is 1. The summed E-state index contributed by atoms with van der Waals surface area (Å²) in [6.07, 6.45) is 1.68. The van der Waals surface area contributed by atoms with Crippen molar-refractivity contribution < 1.29 is 4.42 Å². The Kier molecular flexibility index (Phi) is 3.88. The lowest BCUT2D eigenvalue weighted by molar-refractivity contribution is 0.425. The van der Waals surface area contributed by atoms with Gasteiger partial charge in [-0.25, -0.2) is 4.98 Å². The fraction of sp³-hybridized carbons (Fsp3) is 0.235. The van der Waals surface area contributed by atoms with Crippen molar-refractivity contribution in [3.8, 4) is 11.3 Å². The molecule has 2 heterocycles. The minimum absolute atomic E-state index is 0.813. The lowest BCUT2D eigenvalue weighted by Gasteiger charge is -2.12. The number of benzene rings is 1. The maximum absolute atomic E-state index is 5.56. The smallest absolute Gasteiger partial charge is 0.175 e. The summed E-state index contributed by atoms with van der Waals surface area (Å²) in [7, 11) is 4.12. The van der Waals surface area contributed by atoms with Crippen LogP contribution in [-0.2, 0) is 0 Å². The summed E-state index contributed by atoms with van der Waals surface area (Å²) in [6.45, 7) is 1.83. The van der Waals surface area contributed by atoms with Crippen molar-refractivity contribution >= 4 is 16.8 Å². The molecule has 0 spiro atoms. The molecule has 4 nitrogen and oxygen atoms in total. The first-order valence-corrected chi connectivity index (χ1v) is 7.06. The molecule has 21 heavy (non-hydrogen) atoms. The number of likely N-dealkylation sites (N-methyl/N-ethyl adjacent to an activating group) is 1. The molecule has 3 rings (SSSR count). The Morgan fingerprint density at radius 1 is 1.14 bits per heavy atom. The Labute approximate surface area is 124 Å². The van der Waals surface area contributed by atoms with Crippen LogP contribution in [0.15, 0.2) is 53.1 Å². The van der Waals surface area contributed by atoms with Crippen LogP contribution in [0.25, 0.3) is 22.4 Å². The molecular weight excluding hydrogens is 262 g/mol. The average molecular weight is 281 g/mol. The number of hydrogen-bond donors (Lipinski definition) is 1. The Morgan fingerprint density at radius 3 is 2.71 bits per heavy atom. The Bertz CT molecular complexity index is 719. The van der Waals surface area contributed by atoms with Gasteiger partial charge in [0, 0.05) is 24.7 Å². The first-order chi connectivity index (χ1) is 10.2. The second-order valence-electron chi connectivity index (χ2n) is 5.29. The first kappa shape index (κ1) is 13.6. The first-order valence-electron chi connectivity index (χ1n) is 7.06. The van der Waals surface area contributed by atoms with Crippen LogP contribution in [0.4, 0.5) is 5.69 Å².